The van der Waals surface area contributed by atoms with Crippen LogP contribution in [0.15, 0.2) is 22.7 Å². The Morgan fingerprint density at radius 3 is 2.88 bits per heavy atom. The number of carbonyl (C=O) groups is 1. The Bertz CT molecular complexity index is 380. The van der Waals surface area contributed by atoms with Crippen molar-refractivity contribution >= 4 is 27.5 Å². The minimum Gasteiger partial charge on any atom is -0.385 e. The second-order valence-electron chi connectivity index (χ2n) is 3.80. The van der Waals surface area contributed by atoms with Gasteiger partial charge in [0.1, 0.15) is 0 Å². The lowest BCUT2D eigenvalue weighted by atomic mass is 10.1. The van der Waals surface area contributed by atoms with Crippen molar-refractivity contribution in [3.05, 3.63) is 28.2 Å². The molecule has 1 rings (SSSR count). The molecule has 17 heavy (non-hydrogen) atoms. The van der Waals surface area contributed by atoms with Gasteiger partial charge in [0.25, 0.3) is 0 Å². The lowest BCUT2D eigenvalue weighted by molar-refractivity contribution is -0.116. The minimum absolute atomic E-state index is 0.0408. The summed E-state index contributed by atoms with van der Waals surface area (Å²) in [4.78, 5) is 11.7. The van der Waals surface area contributed by atoms with Gasteiger partial charge in [-0.3, -0.25) is 4.79 Å². The Hall–Kier alpha value is -0.870. The summed E-state index contributed by atoms with van der Waals surface area (Å²) in [7, 11) is 1.64. The van der Waals surface area contributed by atoms with Crippen LogP contribution in [0.5, 0.6) is 0 Å². The Kier molecular flexibility index (Phi) is 6.22. The third-order valence-corrected chi connectivity index (χ3v) is 2.97. The monoisotopic (exact) mass is 299 g/mol. The number of methoxy groups -OCH3 is 1. The van der Waals surface area contributed by atoms with E-state index in [1.54, 1.807) is 7.11 Å². The zero-order valence-electron chi connectivity index (χ0n) is 10.3. The molecule has 0 bridgehead atoms. The summed E-state index contributed by atoms with van der Waals surface area (Å²) in [5.41, 5.74) is 2.04. The van der Waals surface area contributed by atoms with Crippen molar-refractivity contribution in [2.45, 2.75) is 26.2 Å². The van der Waals surface area contributed by atoms with Crippen molar-refractivity contribution in [1.82, 2.24) is 0 Å². The average Bonchev–Trinajstić information content (AvgIpc) is 2.32. The number of rotatable bonds is 6. The first-order valence-electron chi connectivity index (χ1n) is 5.74. The smallest absolute Gasteiger partial charge is 0.224 e. The van der Waals surface area contributed by atoms with E-state index < -0.39 is 0 Å². The first kappa shape index (κ1) is 14.2. The molecule has 94 valence electrons. The number of ether oxygens (including phenoxy) is 1. The molecule has 0 aromatic heterocycles. The number of hydrogen-bond donors (Lipinski definition) is 1. The molecule has 0 unspecified atom stereocenters. The van der Waals surface area contributed by atoms with Gasteiger partial charge in [-0.25, -0.2) is 0 Å². The van der Waals surface area contributed by atoms with Crippen LogP contribution >= 0.6 is 15.9 Å². The van der Waals surface area contributed by atoms with Crippen molar-refractivity contribution in [2.24, 2.45) is 0 Å². The molecule has 0 radical (unpaired) electrons. The van der Waals surface area contributed by atoms with E-state index in [0.717, 1.165) is 28.6 Å². The van der Waals surface area contributed by atoms with Gasteiger partial charge in [0, 0.05) is 30.3 Å². The van der Waals surface area contributed by atoms with Gasteiger partial charge in [-0.2, -0.15) is 0 Å². The highest BCUT2D eigenvalue weighted by Gasteiger charge is 2.06. The van der Waals surface area contributed by atoms with Crippen LogP contribution in [0.3, 0.4) is 0 Å². The number of aryl methyl sites for hydroxylation is 1. The van der Waals surface area contributed by atoms with Crippen molar-refractivity contribution < 1.29 is 9.53 Å². The first-order chi connectivity index (χ1) is 8.17. The van der Waals surface area contributed by atoms with Gasteiger partial charge in [-0.1, -0.05) is 22.9 Å². The Morgan fingerprint density at radius 2 is 2.24 bits per heavy atom. The third kappa shape index (κ3) is 4.88. The second-order valence-corrected chi connectivity index (χ2v) is 4.72. The number of halogens is 1. The maximum Gasteiger partial charge on any atom is 0.224 e. The maximum absolute atomic E-state index is 11.7. The Morgan fingerprint density at radius 1 is 1.47 bits per heavy atom. The highest BCUT2D eigenvalue weighted by Crippen LogP contribution is 2.21. The molecule has 1 aromatic carbocycles. The van der Waals surface area contributed by atoms with Gasteiger partial charge >= 0.3 is 0 Å². The number of amides is 1. The van der Waals surface area contributed by atoms with Crippen LogP contribution < -0.4 is 5.32 Å². The molecule has 0 atom stereocenters. The molecule has 1 amide bonds. The van der Waals surface area contributed by atoms with Crippen molar-refractivity contribution in [1.29, 1.82) is 0 Å². The second kappa shape index (κ2) is 7.45. The van der Waals surface area contributed by atoms with Gasteiger partial charge in [0.05, 0.1) is 0 Å². The first-order valence-corrected chi connectivity index (χ1v) is 6.54. The van der Waals surface area contributed by atoms with E-state index in [1.165, 1.54) is 0 Å². The predicted molar refractivity (Wildman–Crippen MR) is 73.3 cm³/mol. The Balaban J connectivity index is 2.58. The summed E-state index contributed by atoms with van der Waals surface area (Å²) in [5.74, 6) is 0.0408. The van der Waals surface area contributed by atoms with Gasteiger partial charge in [-0.15, -0.1) is 0 Å². The summed E-state index contributed by atoms with van der Waals surface area (Å²) in [6, 6.07) is 5.89. The number of benzene rings is 1. The lowest BCUT2D eigenvalue weighted by Crippen LogP contribution is -2.13. The topological polar surface area (TPSA) is 38.3 Å². The van der Waals surface area contributed by atoms with Crippen molar-refractivity contribution in [2.75, 3.05) is 19.0 Å². The van der Waals surface area contributed by atoms with E-state index >= 15 is 0 Å². The molecule has 0 aliphatic heterocycles. The van der Waals surface area contributed by atoms with E-state index in [-0.39, 0.29) is 5.91 Å². The minimum atomic E-state index is 0.0408. The van der Waals surface area contributed by atoms with E-state index in [0.29, 0.717) is 13.0 Å². The molecule has 0 saturated carbocycles. The predicted octanol–water partition coefficient (Wildman–Crippen LogP) is 3.38. The normalized spacial score (nSPS) is 10.3. The fraction of sp³-hybridized carbons (Fsp3) is 0.462. The number of hydrogen-bond acceptors (Lipinski definition) is 2. The fourth-order valence-electron chi connectivity index (χ4n) is 1.57. The molecule has 1 aromatic rings. The fourth-order valence-corrected chi connectivity index (χ4v) is 1.98. The molecular weight excluding hydrogens is 282 g/mol. The molecule has 0 heterocycles. The molecule has 0 aliphatic rings. The molecule has 4 heteroatoms. The quantitative estimate of drug-likeness (QED) is 0.818. The number of carbonyl (C=O) groups excluding carboxylic acids is 1. The molecular formula is C13H18BrNO2. The molecule has 0 spiro atoms. The summed E-state index contributed by atoms with van der Waals surface area (Å²) in [6.45, 7) is 2.69. The summed E-state index contributed by atoms with van der Waals surface area (Å²) >= 11 is 3.43. The van der Waals surface area contributed by atoms with Crippen LogP contribution in [0.4, 0.5) is 5.69 Å². The molecule has 0 saturated heterocycles. The number of nitrogens with one attached hydrogen (secondary N) is 1. The van der Waals surface area contributed by atoms with E-state index in [9.17, 15) is 4.79 Å². The third-order valence-electron chi connectivity index (χ3n) is 2.47. The van der Waals surface area contributed by atoms with E-state index in [2.05, 4.69) is 28.2 Å². The SMILES string of the molecule is CCc1cc(Br)ccc1NC(=O)CCCOC. The summed E-state index contributed by atoms with van der Waals surface area (Å²) < 4.78 is 5.95. The van der Waals surface area contributed by atoms with Gasteiger partial charge in [-0.05, 0) is 36.6 Å². The molecule has 0 fully saturated rings. The maximum atomic E-state index is 11.7. The highest BCUT2D eigenvalue weighted by atomic mass is 79.9. The van der Waals surface area contributed by atoms with Crippen molar-refractivity contribution in [3.8, 4) is 0 Å². The van der Waals surface area contributed by atoms with Crippen LogP contribution in [0.2, 0.25) is 0 Å². The summed E-state index contributed by atoms with van der Waals surface area (Å²) in [6.07, 6.45) is 2.14. The molecule has 0 aliphatic carbocycles. The van der Waals surface area contributed by atoms with Crippen LogP contribution in [-0.4, -0.2) is 19.6 Å². The highest BCUT2D eigenvalue weighted by molar-refractivity contribution is 9.10. The standard InChI is InChI=1S/C13H18BrNO2/c1-3-10-9-11(14)6-7-12(10)15-13(16)5-4-8-17-2/h6-7,9H,3-5,8H2,1-2H3,(H,15,16). The zero-order chi connectivity index (χ0) is 12.7. The zero-order valence-corrected chi connectivity index (χ0v) is 11.8. The van der Waals surface area contributed by atoms with Gasteiger partial charge < -0.3 is 10.1 Å². The van der Waals surface area contributed by atoms with E-state index in [4.69, 9.17) is 4.74 Å². The van der Waals surface area contributed by atoms with Crippen LogP contribution in [-0.2, 0) is 16.0 Å². The van der Waals surface area contributed by atoms with Crippen LogP contribution in [0, 0.1) is 0 Å². The van der Waals surface area contributed by atoms with E-state index in [1.807, 2.05) is 18.2 Å². The number of anilines is 1. The average molecular weight is 300 g/mol. The summed E-state index contributed by atoms with van der Waals surface area (Å²) in [5, 5.41) is 2.93. The lowest BCUT2D eigenvalue weighted by Gasteiger charge is -2.10. The van der Waals surface area contributed by atoms with Crippen molar-refractivity contribution in [3.63, 3.8) is 0 Å². The van der Waals surface area contributed by atoms with Gasteiger partial charge in [0.2, 0.25) is 5.91 Å². The molecule has 1 N–H and O–H groups in total. The van der Waals surface area contributed by atoms with Crippen LogP contribution in [0.25, 0.3) is 0 Å². The van der Waals surface area contributed by atoms with Crippen LogP contribution in [0.1, 0.15) is 25.3 Å². The molecule has 3 nitrogen and oxygen atoms in total. The largest absolute Gasteiger partial charge is 0.385 e. The Labute approximate surface area is 111 Å². The van der Waals surface area contributed by atoms with Gasteiger partial charge in [0.15, 0.2) is 0 Å².